The molecule has 2 saturated heterocycles. The van der Waals surface area contributed by atoms with Gasteiger partial charge in [0.1, 0.15) is 5.82 Å². The molecule has 4 rings (SSSR count). The summed E-state index contributed by atoms with van der Waals surface area (Å²) < 4.78 is 26.7. The van der Waals surface area contributed by atoms with E-state index in [1.165, 1.54) is 23.9 Å². The van der Waals surface area contributed by atoms with Gasteiger partial charge < -0.3 is 19.7 Å². The van der Waals surface area contributed by atoms with Gasteiger partial charge in [-0.15, -0.1) is 10.2 Å². The van der Waals surface area contributed by atoms with Crippen LogP contribution in [-0.4, -0.2) is 71.5 Å². The Kier molecular flexibility index (Phi) is 6.86. The molecular formula is C20H26FN5O3S. The highest BCUT2D eigenvalue weighted by Crippen LogP contribution is 2.30. The number of aromatic nitrogens is 3. The SMILES string of the molecule is C[C@@H](Sc1nnc(N2CCOCC2)n1-c1cccc(F)c1)C(=O)NC[C@@H]1CCCO1. The lowest BCUT2D eigenvalue weighted by atomic mass is 10.2. The van der Waals surface area contributed by atoms with Gasteiger partial charge >= 0.3 is 0 Å². The van der Waals surface area contributed by atoms with Crippen molar-refractivity contribution in [3.63, 3.8) is 0 Å². The Bertz CT molecular complexity index is 868. The minimum Gasteiger partial charge on any atom is -0.378 e. The fraction of sp³-hybridized carbons (Fsp3) is 0.550. The summed E-state index contributed by atoms with van der Waals surface area (Å²) >= 11 is 1.30. The molecule has 1 aromatic carbocycles. The van der Waals surface area contributed by atoms with E-state index in [-0.39, 0.29) is 23.1 Å². The third-order valence-electron chi connectivity index (χ3n) is 5.16. The summed E-state index contributed by atoms with van der Waals surface area (Å²) in [6, 6.07) is 6.30. The Hall–Kier alpha value is -2.17. The smallest absolute Gasteiger partial charge is 0.233 e. The normalized spacial score (nSPS) is 20.3. The number of rotatable bonds is 7. The first-order chi connectivity index (χ1) is 14.6. The number of carbonyl (C=O) groups excluding carboxylic acids is 1. The Morgan fingerprint density at radius 2 is 2.17 bits per heavy atom. The first-order valence-electron chi connectivity index (χ1n) is 10.2. The fourth-order valence-corrected chi connectivity index (χ4v) is 4.41. The monoisotopic (exact) mass is 435 g/mol. The first-order valence-corrected chi connectivity index (χ1v) is 11.1. The Balaban J connectivity index is 1.53. The average molecular weight is 436 g/mol. The van der Waals surface area contributed by atoms with Crippen molar-refractivity contribution in [3.05, 3.63) is 30.1 Å². The van der Waals surface area contributed by atoms with E-state index in [0.29, 0.717) is 49.6 Å². The maximum Gasteiger partial charge on any atom is 0.233 e. The molecule has 162 valence electrons. The number of amides is 1. The van der Waals surface area contributed by atoms with Crippen molar-refractivity contribution in [3.8, 4) is 5.69 Å². The van der Waals surface area contributed by atoms with Crippen molar-refractivity contribution in [2.45, 2.75) is 36.3 Å². The van der Waals surface area contributed by atoms with Crippen molar-refractivity contribution >= 4 is 23.6 Å². The molecule has 1 aromatic heterocycles. The molecule has 2 aliphatic heterocycles. The second-order valence-electron chi connectivity index (χ2n) is 7.34. The number of hydrogen-bond donors (Lipinski definition) is 1. The highest BCUT2D eigenvalue weighted by atomic mass is 32.2. The molecule has 2 fully saturated rings. The number of hydrogen-bond acceptors (Lipinski definition) is 7. The molecule has 0 unspecified atom stereocenters. The van der Waals surface area contributed by atoms with Crippen molar-refractivity contribution in [1.82, 2.24) is 20.1 Å². The number of morpholine rings is 1. The molecule has 0 radical (unpaired) electrons. The van der Waals surface area contributed by atoms with Crippen LogP contribution >= 0.6 is 11.8 Å². The van der Waals surface area contributed by atoms with Crippen LogP contribution in [0.3, 0.4) is 0 Å². The summed E-state index contributed by atoms with van der Waals surface area (Å²) in [4.78, 5) is 14.6. The van der Waals surface area contributed by atoms with Gasteiger partial charge in [0.05, 0.1) is 30.3 Å². The molecule has 8 nitrogen and oxygen atoms in total. The van der Waals surface area contributed by atoms with Gasteiger partial charge in [0.15, 0.2) is 5.16 Å². The molecule has 10 heteroatoms. The van der Waals surface area contributed by atoms with E-state index in [4.69, 9.17) is 9.47 Å². The van der Waals surface area contributed by atoms with Crippen molar-refractivity contribution in [2.75, 3.05) is 44.4 Å². The number of thioether (sulfide) groups is 1. The number of ether oxygens (including phenoxy) is 2. The van der Waals surface area contributed by atoms with Gasteiger partial charge in [0.2, 0.25) is 11.9 Å². The molecule has 1 N–H and O–H groups in total. The van der Waals surface area contributed by atoms with Gasteiger partial charge in [-0.2, -0.15) is 0 Å². The lowest BCUT2D eigenvalue weighted by Gasteiger charge is -2.28. The van der Waals surface area contributed by atoms with Gasteiger partial charge in [-0.1, -0.05) is 17.8 Å². The number of benzene rings is 1. The standard InChI is InChI=1S/C20H26FN5O3S/c1-14(18(27)22-13-17-6-3-9-29-17)30-20-24-23-19(25-7-10-28-11-8-25)26(20)16-5-2-4-15(21)12-16/h2,4-5,12,14,17H,3,6-11,13H2,1H3,(H,22,27)/t14-,17+/m1/s1. The van der Waals surface area contributed by atoms with E-state index < -0.39 is 0 Å². The Morgan fingerprint density at radius 3 is 2.90 bits per heavy atom. The second kappa shape index (κ2) is 9.76. The van der Waals surface area contributed by atoms with Gasteiger partial charge in [-0.3, -0.25) is 9.36 Å². The van der Waals surface area contributed by atoms with Crippen LogP contribution < -0.4 is 10.2 Å². The fourth-order valence-electron chi connectivity index (χ4n) is 3.52. The topological polar surface area (TPSA) is 81.5 Å². The zero-order valence-electron chi connectivity index (χ0n) is 16.9. The summed E-state index contributed by atoms with van der Waals surface area (Å²) in [5, 5.41) is 11.8. The number of nitrogens with zero attached hydrogens (tertiary/aromatic N) is 4. The van der Waals surface area contributed by atoms with Crippen LogP contribution in [-0.2, 0) is 14.3 Å². The van der Waals surface area contributed by atoms with E-state index in [1.54, 1.807) is 6.07 Å². The van der Waals surface area contributed by atoms with Crippen LogP contribution in [0.1, 0.15) is 19.8 Å². The van der Waals surface area contributed by atoms with Crippen LogP contribution in [0.25, 0.3) is 5.69 Å². The summed E-state index contributed by atoms with van der Waals surface area (Å²) in [7, 11) is 0. The van der Waals surface area contributed by atoms with Gasteiger partial charge in [0.25, 0.3) is 0 Å². The molecule has 0 saturated carbocycles. The lowest BCUT2D eigenvalue weighted by Crippen LogP contribution is -2.38. The highest BCUT2D eigenvalue weighted by molar-refractivity contribution is 8.00. The summed E-state index contributed by atoms with van der Waals surface area (Å²) in [5.41, 5.74) is 0.621. The zero-order chi connectivity index (χ0) is 20.9. The molecule has 0 spiro atoms. The molecule has 30 heavy (non-hydrogen) atoms. The average Bonchev–Trinajstić information content (AvgIpc) is 3.42. The van der Waals surface area contributed by atoms with E-state index in [2.05, 4.69) is 20.4 Å². The highest BCUT2D eigenvalue weighted by Gasteiger charge is 2.25. The van der Waals surface area contributed by atoms with Gasteiger partial charge in [-0.05, 0) is 38.0 Å². The summed E-state index contributed by atoms with van der Waals surface area (Å²) in [6.45, 7) is 5.64. The molecule has 1 amide bonds. The third-order valence-corrected chi connectivity index (χ3v) is 6.20. The Labute approximate surface area is 179 Å². The van der Waals surface area contributed by atoms with E-state index in [9.17, 15) is 9.18 Å². The largest absolute Gasteiger partial charge is 0.378 e. The van der Waals surface area contributed by atoms with Crippen LogP contribution in [0.2, 0.25) is 0 Å². The second-order valence-corrected chi connectivity index (χ2v) is 8.65. The molecular weight excluding hydrogens is 409 g/mol. The lowest BCUT2D eigenvalue weighted by molar-refractivity contribution is -0.120. The maximum atomic E-state index is 13.9. The van der Waals surface area contributed by atoms with Crippen molar-refractivity contribution in [2.24, 2.45) is 0 Å². The quantitative estimate of drug-likeness (QED) is 0.667. The predicted octanol–water partition coefficient (Wildman–Crippen LogP) is 2.02. The third kappa shape index (κ3) is 4.93. The molecule has 0 aliphatic carbocycles. The van der Waals surface area contributed by atoms with E-state index >= 15 is 0 Å². The van der Waals surface area contributed by atoms with Crippen molar-refractivity contribution in [1.29, 1.82) is 0 Å². The number of nitrogens with one attached hydrogen (secondary N) is 1. The molecule has 0 bridgehead atoms. The number of carbonyl (C=O) groups is 1. The zero-order valence-corrected chi connectivity index (χ0v) is 17.7. The molecule has 3 heterocycles. The maximum absolute atomic E-state index is 13.9. The van der Waals surface area contributed by atoms with Crippen LogP contribution in [0, 0.1) is 5.82 Å². The Morgan fingerprint density at radius 1 is 1.33 bits per heavy atom. The van der Waals surface area contributed by atoms with Gasteiger partial charge in [-0.25, -0.2) is 4.39 Å². The van der Waals surface area contributed by atoms with E-state index in [1.807, 2.05) is 17.6 Å². The minimum atomic E-state index is -0.388. The summed E-state index contributed by atoms with van der Waals surface area (Å²) in [6.07, 6.45) is 2.10. The van der Waals surface area contributed by atoms with Crippen molar-refractivity contribution < 1.29 is 18.7 Å². The molecule has 2 aromatic rings. The van der Waals surface area contributed by atoms with Crippen LogP contribution in [0.5, 0.6) is 0 Å². The predicted molar refractivity (Wildman–Crippen MR) is 112 cm³/mol. The number of halogens is 1. The van der Waals surface area contributed by atoms with E-state index in [0.717, 1.165) is 19.4 Å². The van der Waals surface area contributed by atoms with Crippen LogP contribution in [0.4, 0.5) is 10.3 Å². The molecule has 2 aliphatic rings. The first kappa shape index (κ1) is 21.1. The number of anilines is 1. The van der Waals surface area contributed by atoms with Crippen LogP contribution in [0.15, 0.2) is 29.4 Å². The molecule has 2 atom stereocenters. The summed E-state index contributed by atoms with van der Waals surface area (Å²) in [5.74, 6) is 0.197. The minimum absolute atomic E-state index is 0.0859. The van der Waals surface area contributed by atoms with Gasteiger partial charge in [0, 0.05) is 26.2 Å².